The quantitative estimate of drug-likeness (QED) is 0.844. The molecule has 4 nitrogen and oxygen atoms in total. The molecule has 1 fully saturated rings. The lowest BCUT2D eigenvalue weighted by Crippen LogP contribution is -2.36. The second kappa shape index (κ2) is 6.97. The molecule has 1 aliphatic rings. The van der Waals surface area contributed by atoms with E-state index in [4.69, 9.17) is 4.74 Å². The Kier molecular flexibility index (Phi) is 5.29. The molecule has 1 aromatic heterocycles. The Morgan fingerprint density at radius 3 is 2.85 bits per heavy atom. The number of nitrogens with one attached hydrogen (secondary N) is 1. The van der Waals surface area contributed by atoms with Crippen LogP contribution in [0.5, 0.6) is 0 Å². The lowest BCUT2D eigenvalue weighted by atomic mass is 9.88. The fourth-order valence-corrected chi connectivity index (χ4v) is 3.63. The zero-order valence-corrected chi connectivity index (χ0v) is 13.0. The first-order chi connectivity index (χ1) is 9.71. The summed E-state index contributed by atoms with van der Waals surface area (Å²) >= 11 is 1.93. The van der Waals surface area contributed by atoms with Gasteiger partial charge in [-0.2, -0.15) is 11.8 Å². The van der Waals surface area contributed by atoms with Gasteiger partial charge in [0.1, 0.15) is 11.4 Å². The average molecular weight is 294 g/mol. The van der Waals surface area contributed by atoms with Crippen molar-refractivity contribution < 1.29 is 9.53 Å². The van der Waals surface area contributed by atoms with Gasteiger partial charge in [0.25, 0.3) is 0 Å². The number of thioether (sulfide) groups is 1. The fraction of sp³-hybridized carbons (Fsp3) is 0.600. The van der Waals surface area contributed by atoms with E-state index in [1.807, 2.05) is 11.8 Å². The Balaban J connectivity index is 2.08. The third-order valence-corrected chi connectivity index (χ3v) is 5.41. The summed E-state index contributed by atoms with van der Waals surface area (Å²) in [4.78, 5) is 16.0. The maximum atomic E-state index is 11.7. The van der Waals surface area contributed by atoms with Crippen LogP contribution in [0.25, 0.3) is 0 Å². The van der Waals surface area contributed by atoms with Crippen LogP contribution in [-0.4, -0.2) is 35.6 Å². The first-order valence-electron chi connectivity index (χ1n) is 7.03. The molecule has 0 atom stereocenters. The zero-order chi connectivity index (χ0) is 14.4. The van der Waals surface area contributed by atoms with E-state index in [0.717, 1.165) is 6.54 Å². The molecule has 0 aliphatic heterocycles. The van der Waals surface area contributed by atoms with Crippen LogP contribution in [-0.2, 0) is 4.74 Å². The molecule has 0 bridgehead atoms. The van der Waals surface area contributed by atoms with Crippen LogP contribution >= 0.6 is 11.8 Å². The van der Waals surface area contributed by atoms with Gasteiger partial charge < -0.3 is 10.1 Å². The van der Waals surface area contributed by atoms with E-state index >= 15 is 0 Å². The highest BCUT2D eigenvalue weighted by atomic mass is 32.2. The minimum absolute atomic E-state index is 0.267. The molecule has 1 saturated carbocycles. The summed E-state index contributed by atoms with van der Waals surface area (Å²) in [6.45, 7) is 0.842. The number of hydrogen-bond acceptors (Lipinski definition) is 5. The number of rotatable bonds is 5. The van der Waals surface area contributed by atoms with Crippen LogP contribution in [0.1, 0.15) is 42.5 Å². The highest BCUT2D eigenvalue weighted by Crippen LogP contribution is 2.38. The van der Waals surface area contributed by atoms with Crippen molar-refractivity contribution in [3.63, 3.8) is 0 Å². The third-order valence-electron chi connectivity index (χ3n) is 3.99. The lowest BCUT2D eigenvalue weighted by molar-refractivity contribution is 0.0601. The molecule has 110 valence electrons. The number of methoxy groups -OCH3 is 1. The van der Waals surface area contributed by atoms with E-state index < -0.39 is 0 Å². The van der Waals surface area contributed by atoms with Gasteiger partial charge in [0.05, 0.1) is 7.11 Å². The first-order valence-corrected chi connectivity index (χ1v) is 8.25. The number of anilines is 1. The Morgan fingerprint density at radius 1 is 1.45 bits per heavy atom. The zero-order valence-electron chi connectivity index (χ0n) is 12.1. The standard InChI is InChI=1S/C15H22N2O2S/c1-19-14(18)12-7-6-10-16-13(12)17-11-15(20-2)8-4-3-5-9-15/h6-7,10H,3-5,8-9,11H2,1-2H3,(H,16,17). The van der Waals surface area contributed by atoms with Gasteiger partial charge in [-0.1, -0.05) is 19.3 Å². The van der Waals surface area contributed by atoms with Crippen LogP contribution in [0.15, 0.2) is 18.3 Å². The van der Waals surface area contributed by atoms with Crippen molar-refractivity contribution in [3.8, 4) is 0 Å². The van der Waals surface area contributed by atoms with Gasteiger partial charge in [-0.15, -0.1) is 0 Å². The van der Waals surface area contributed by atoms with Crippen molar-refractivity contribution in [1.29, 1.82) is 0 Å². The molecule has 0 amide bonds. The van der Waals surface area contributed by atoms with Gasteiger partial charge in [-0.05, 0) is 31.2 Å². The molecule has 1 aromatic rings. The number of hydrogen-bond donors (Lipinski definition) is 1. The predicted octanol–water partition coefficient (Wildman–Crippen LogP) is 3.35. The molecule has 1 aliphatic carbocycles. The highest BCUT2D eigenvalue weighted by molar-refractivity contribution is 8.00. The van der Waals surface area contributed by atoms with Crippen molar-refractivity contribution in [2.75, 3.05) is 25.2 Å². The summed E-state index contributed by atoms with van der Waals surface area (Å²) in [6, 6.07) is 3.50. The smallest absolute Gasteiger partial charge is 0.341 e. The minimum Gasteiger partial charge on any atom is -0.465 e. The SMILES string of the molecule is COC(=O)c1cccnc1NCC1(SC)CCCCC1. The summed E-state index contributed by atoms with van der Waals surface area (Å²) in [5.41, 5.74) is 0.502. The lowest BCUT2D eigenvalue weighted by Gasteiger charge is -2.36. The normalized spacial score (nSPS) is 17.5. The van der Waals surface area contributed by atoms with Gasteiger partial charge in [0.15, 0.2) is 0 Å². The second-order valence-electron chi connectivity index (χ2n) is 5.19. The summed E-state index contributed by atoms with van der Waals surface area (Å²) in [7, 11) is 1.39. The van der Waals surface area contributed by atoms with Crippen LogP contribution in [0.3, 0.4) is 0 Å². The number of pyridine rings is 1. The monoisotopic (exact) mass is 294 g/mol. The number of carbonyl (C=O) groups excluding carboxylic acids is 1. The van der Waals surface area contributed by atoms with Gasteiger partial charge >= 0.3 is 5.97 Å². The molecular formula is C15H22N2O2S. The predicted molar refractivity (Wildman–Crippen MR) is 83.4 cm³/mol. The summed E-state index contributed by atoms with van der Waals surface area (Å²) in [5, 5.41) is 3.36. The van der Waals surface area contributed by atoms with Crippen LogP contribution in [0, 0.1) is 0 Å². The van der Waals surface area contributed by atoms with Gasteiger partial charge in [0, 0.05) is 17.5 Å². The molecule has 5 heteroatoms. The van der Waals surface area contributed by atoms with Crippen LogP contribution in [0.4, 0.5) is 5.82 Å². The average Bonchev–Trinajstić information content (AvgIpc) is 2.53. The van der Waals surface area contributed by atoms with E-state index in [1.54, 1.807) is 18.3 Å². The Hall–Kier alpha value is -1.23. The molecule has 0 radical (unpaired) electrons. The van der Waals surface area contributed by atoms with E-state index in [9.17, 15) is 4.79 Å². The Bertz CT molecular complexity index is 459. The maximum Gasteiger partial charge on any atom is 0.341 e. The van der Waals surface area contributed by atoms with E-state index in [1.165, 1.54) is 39.2 Å². The highest BCUT2D eigenvalue weighted by Gasteiger charge is 2.31. The fourth-order valence-electron chi connectivity index (χ4n) is 2.71. The second-order valence-corrected chi connectivity index (χ2v) is 6.47. The molecule has 0 unspecified atom stereocenters. The van der Waals surface area contributed by atoms with Gasteiger partial charge in [0.2, 0.25) is 0 Å². The van der Waals surface area contributed by atoms with E-state index in [0.29, 0.717) is 11.4 Å². The van der Waals surface area contributed by atoms with E-state index in [2.05, 4.69) is 16.6 Å². The topological polar surface area (TPSA) is 51.2 Å². The number of aromatic nitrogens is 1. The molecule has 0 spiro atoms. The number of esters is 1. The third kappa shape index (κ3) is 3.45. The van der Waals surface area contributed by atoms with Crippen molar-refractivity contribution in [1.82, 2.24) is 4.98 Å². The Labute approximate surface area is 124 Å². The van der Waals surface area contributed by atoms with Crippen molar-refractivity contribution in [2.45, 2.75) is 36.9 Å². The van der Waals surface area contributed by atoms with Crippen molar-refractivity contribution >= 4 is 23.5 Å². The molecule has 0 aromatic carbocycles. The molecule has 0 saturated heterocycles. The summed E-state index contributed by atoms with van der Waals surface area (Å²) in [5.74, 6) is 0.279. The first kappa shape index (κ1) is 15.2. The Morgan fingerprint density at radius 2 is 2.20 bits per heavy atom. The van der Waals surface area contributed by atoms with Gasteiger partial charge in [-0.3, -0.25) is 0 Å². The maximum absolute atomic E-state index is 11.7. The number of ether oxygens (including phenoxy) is 1. The minimum atomic E-state index is -0.345. The van der Waals surface area contributed by atoms with Gasteiger partial charge in [-0.25, -0.2) is 9.78 Å². The largest absolute Gasteiger partial charge is 0.465 e. The molecule has 1 N–H and O–H groups in total. The number of nitrogens with zero attached hydrogens (tertiary/aromatic N) is 1. The van der Waals surface area contributed by atoms with E-state index in [-0.39, 0.29) is 10.7 Å². The summed E-state index contributed by atoms with van der Waals surface area (Å²) in [6.07, 6.45) is 10.2. The van der Waals surface area contributed by atoms with Crippen molar-refractivity contribution in [2.24, 2.45) is 0 Å². The van der Waals surface area contributed by atoms with Crippen LogP contribution in [0.2, 0.25) is 0 Å². The van der Waals surface area contributed by atoms with Crippen LogP contribution < -0.4 is 5.32 Å². The summed E-state index contributed by atoms with van der Waals surface area (Å²) < 4.78 is 5.06. The molecule has 20 heavy (non-hydrogen) atoms. The molecule has 2 rings (SSSR count). The molecular weight excluding hydrogens is 272 g/mol. The van der Waals surface area contributed by atoms with Crippen molar-refractivity contribution in [3.05, 3.63) is 23.9 Å². The molecule has 1 heterocycles. The number of carbonyl (C=O) groups is 1.